The summed E-state index contributed by atoms with van der Waals surface area (Å²) >= 11 is 0. The summed E-state index contributed by atoms with van der Waals surface area (Å²) < 4.78 is 37.0. The molecule has 0 saturated carbocycles. The molecule has 1 heterocycles. The Labute approximate surface area is 120 Å². The van der Waals surface area contributed by atoms with Crippen LogP contribution in [0.4, 0.5) is 8.78 Å². The van der Waals surface area contributed by atoms with E-state index >= 15 is 0 Å². The van der Waals surface area contributed by atoms with Crippen molar-refractivity contribution in [2.24, 2.45) is 0 Å². The van der Waals surface area contributed by atoms with Gasteiger partial charge >= 0.3 is 11.9 Å². The fourth-order valence-corrected chi connectivity index (χ4v) is 2.30. The number of amides is 1. The number of hydrogen-bond donors (Lipinski definition) is 1. The Hall–Kier alpha value is -2.02. The van der Waals surface area contributed by atoms with Crippen molar-refractivity contribution in [1.29, 1.82) is 0 Å². The van der Waals surface area contributed by atoms with Gasteiger partial charge in [-0.15, -0.1) is 0 Å². The largest absolute Gasteiger partial charge is 0.465 e. The summed E-state index contributed by atoms with van der Waals surface area (Å²) in [5.74, 6) is -5.39. The van der Waals surface area contributed by atoms with E-state index in [9.17, 15) is 18.4 Å². The Morgan fingerprint density at radius 3 is 2.38 bits per heavy atom. The van der Waals surface area contributed by atoms with Gasteiger partial charge in [-0.3, -0.25) is 4.79 Å². The molecule has 0 spiro atoms. The number of esters is 1. The van der Waals surface area contributed by atoms with Crippen LogP contribution in [0.25, 0.3) is 0 Å². The first-order valence-corrected chi connectivity index (χ1v) is 6.38. The van der Waals surface area contributed by atoms with Crippen LogP contribution >= 0.6 is 0 Å². The maximum absolute atomic E-state index is 13.5. The summed E-state index contributed by atoms with van der Waals surface area (Å²) in [6.45, 7) is 1.79. The number of hydrogen-bond acceptors (Lipinski definition) is 4. The molecule has 1 unspecified atom stereocenters. The van der Waals surface area contributed by atoms with Crippen LogP contribution in [0.3, 0.4) is 0 Å². The summed E-state index contributed by atoms with van der Waals surface area (Å²) in [6.07, 6.45) is -0.787. The maximum Gasteiger partial charge on any atom is 0.337 e. The van der Waals surface area contributed by atoms with Crippen molar-refractivity contribution in [3.8, 4) is 0 Å². The highest BCUT2D eigenvalue weighted by atomic mass is 19.3. The minimum absolute atomic E-state index is 0.148. The van der Waals surface area contributed by atoms with E-state index in [1.54, 1.807) is 6.92 Å². The highest BCUT2D eigenvalue weighted by Crippen LogP contribution is 2.41. The molecule has 1 aromatic carbocycles. The predicted octanol–water partition coefficient (Wildman–Crippen LogP) is 1.82. The van der Waals surface area contributed by atoms with Gasteiger partial charge in [-0.2, -0.15) is 8.78 Å². The number of halogens is 2. The lowest BCUT2D eigenvalue weighted by Gasteiger charge is -2.29. The van der Waals surface area contributed by atoms with Crippen LogP contribution in [-0.4, -0.2) is 31.5 Å². The molecule has 1 saturated heterocycles. The molecule has 1 amide bonds. The fraction of sp³-hybridized carbons (Fsp3) is 0.429. The molecular formula is C14H15F2NO4. The van der Waals surface area contributed by atoms with Gasteiger partial charge in [0.15, 0.2) is 5.72 Å². The van der Waals surface area contributed by atoms with E-state index in [1.807, 2.05) is 0 Å². The van der Waals surface area contributed by atoms with Crippen LogP contribution < -0.4 is 5.32 Å². The number of carbonyl (C=O) groups excluding carboxylic acids is 2. The van der Waals surface area contributed by atoms with Gasteiger partial charge in [0.2, 0.25) is 0 Å². The first-order chi connectivity index (χ1) is 9.84. The van der Waals surface area contributed by atoms with Crippen molar-refractivity contribution in [3.63, 3.8) is 0 Å². The zero-order valence-corrected chi connectivity index (χ0v) is 11.6. The second-order valence-corrected chi connectivity index (χ2v) is 4.66. The van der Waals surface area contributed by atoms with E-state index in [1.165, 1.54) is 31.4 Å². The lowest BCUT2D eigenvalue weighted by atomic mass is 9.98. The fourth-order valence-electron chi connectivity index (χ4n) is 2.30. The zero-order valence-electron chi connectivity index (χ0n) is 11.6. The van der Waals surface area contributed by atoms with E-state index in [2.05, 4.69) is 10.1 Å². The molecule has 5 nitrogen and oxygen atoms in total. The lowest BCUT2D eigenvalue weighted by molar-refractivity contribution is -0.139. The molecule has 114 valence electrons. The molecule has 0 aliphatic carbocycles. The number of nitrogens with one attached hydrogen (secondary N) is 1. The Bertz CT molecular complexity index is 559. The number of methoxy groups -OCH3 is 1. The normalized spacial score (nSPS) is 23.7. The van der Waals surface area contributed by atoms with Crippen LogP contribution in [-0.2, 0) is 20.0 Å². The highest BCUT2D eigenvalue weighted by molar-refractivity contribution is 5.89. The molecule has 1 aromatic rings. The van der Waals surface area contributed by atoms with E-state index in [0.29, 0.717) is 5.56 Å². The summed E-state index contributed by atoms with van der Waals surface area (Å²) in [7, 11) is 1.25. The number of carbonyl (C=O) groups is 2. The van der Waals surface area contributed by atoms with Gasteiger partial charge in [0, 0.05) is 12.2 Å². The van der Waals surface area contributed by atoms with Gasteiger partial charge in [0.25, 0.3) is 5.91 Å². The number of rotatable bonds is 4. The summed E-state index contributed by atoms with van der Waals surface area (Å²) in [5, 5.41) is 2.21. The molecule has 1 fully saturated rings. The first-order valence-electron chi connectivity index (χ1n) is 6.38. The number of alkyl halides is 2. The third kappa shape index (κ3) is 2.73. The summed E-state index contributed by atoms with van der Waals surface area (Å²) in [4.78, 5) is 22.7. The molecular weight excluding hydrogens is 284 g/mol. The van der Waals surface area contributed by atoms with Crippen LogP contribution in [0.15, 0.2) is 24.3 Å². The molecule has 1 N–H and O–H groups in total. The average Bonchev–Trinajstić information content (AvgIpc) is 2.69. The van der Waals surface area contributed by atoms with Crippen molar-refractivity contribution < 1.29 is 27.8 Å². The van der Waals surface area contributed by atoms with Crippen LogP contribution in [0.2, 0.25) is 0 Å². The third-order valence-corrected chi connectivity index (χ3v) is 3.28. The van der Waals surface area contributed by atoms with Crippen LogP contribution in [0.1, 0.15) is 29.3 Å². The molecule has 1 atom stereocenters. The van der Waals surface area contributed by atoms with Gasteiger partial charge < -0.3 is 14.8 Å². The molecule has 0 radical (unpaired) electrons. The van der Waals surface area contributed by atoms with E-state index in [-0.39, 0.29) is 12.2 Å². The zero-order chi connectivity index (χ0) is 15.7. The second kappa shape index (κ2) is 5.40. The monoisotopic (exact) mass is 299 g/mol. The first kappa shape index (κ1) is 15.4. The summed E-state index contributed by atoms with van der Waals surface area (Å²) in [6, 6.07) is 5.79. The van der Waals surface area contributed by atoms with Gasteiger partial charge in [-0.1, -0.05) is 12.1 Å². The van der Waals surface area contributed by atoms with Crippen molar-refractivity contribution in [3.05, 3.63) is 35.4 Å². The molecule has 7 heteroatoms. The SMILES string of the molecule is CCOC1(c2ccc(C(=O)OC)cc2)CC(F)(F)C(=O)N1. The standard InChI is InChI=1S/C14H15F2NO4/c1-3-21-14(8-13(15,16)12(19)17-14)10-6-4-9(5-7-10)11(18)20-2/h4-7H,3,8H2,1-2H3,(H,17,19). The molecule has 2 rings (SSSR count). The topological polar surface area (TPSA) is 64.6 Å². The molecule has 0 bridgehead atoms. The molecule has 1 aliphatic rings. The Kier molecular flexibility index (Phi) is 3.95. The second-order valence-electron chi connectivity index (χ2n) is 4.66. The van der Waals surface area contributed by atoms with Crippen molar-refractivity contribution in [2.75, 3.05) is 13.7 Å². The van der Waals surface area contributed by atoms with Crippen LogP contribution in [0.5, 0.6) is 0 Å². The molecule has 1 aliphatic heterocycles. The third-order valence-electron chi connectivity index (χ3n) is 3.28. The number of ether oxygens (including phenoxy) is 2. The molecule has 0 aromatic heterocycles. The Morgan fingerprint density at radius 1 is 1.33 bits per heavy atom. The smallest absolute Gasteiger partial charge is 0.337 e. The lowest BCUT2D eigenvalue weighted by Crippen LogP contribution is -2.41. The Morgan fingerprint density at radius 2 is 1.95 bits per heavy atom. The van der Waals surface area contributed by atoms with Gasteiger partial charge in [-0.25, -0.2) is 4.79 Å². The minimum atomic E-state index is -3.49. The van der Waals surface area contributed by atoms with E-state index in [4.69, 9.17) is 4.74 Å². The quantitative estimate of drug-likeness (QED) is 0.861. The summed E-state index contributed by atoms with van der Waals surface area (Å²) in [5.41, 5.74) is -0.948. The predicted molar refractivity (Wildman–Crippen MR) is 68.8 cm³/mol. The maximum atomic E-state index is 13.5. The van der Waals surface area contributed by atoms with Gasteiger partial charge in [-0.05, 0) is 19.1 Å². The van der Waals surface area contributed by atoms with Crippen molar-refractivity contribution in [1.82, 2.24) is 5.32 Å². The average molecular weight is 299 g/mol. The van der Waals surface area contributed by atoms with E-state index < -0.39 is 29.9 Å². The number of benzene rings is 1. The van der Waals surface area contributed by atoms with Gasteiger partial charge in [0.05, 0.1) is 19.1 Å². The van der Waals surface area contributed by atoms with Crippen LogP contribution in [0, 0.1) is 0 Å². The van der Waals surface area contributed by atoms with Crippen molar-refractivity contribution in [2.45, 2.75) is 25.0 Å². The molecule has 21 heavy (non-hydrogen) atoms. The minimum Gasteiger partial charge on any atom is -0.465 e. The Balaban J connectivity index is 2.36. The van der Waals surface area contributed by atoms with E-state index in [0.717, 1.165) is 0 Å². The highest BCUT2D eigenvalue weighted by Gasteiger charge is 2.57. The van der Waals surface area contributed by atoms with Gasteiger partial charge in [0.1, 0.15) is 0 Å². The van der Waals surface area contributed by atoms with Crippen molar-refractivity contribution >= 4 is 11.9 Å².